The lowest BCUT2D eigenvalue weighted by Gasteiger charge is -2.11. The molecule has 0 saturated heterocycles. The van der Waals surface area contributed by atoms with Crippen molar-refractivity contribution in [3.05, 3.63) is 81.4 Å². The number of benzene rings is 2. The molecule has 0 unspecified atom stereocenters. The number of aliphatic imine (C=N–C) groups is 1. The van der Waals surface area contributed by atoms with Crippen LogP contribution in [0.5, 0.6) is 0 Å². The van der Waals surface area contributed by atoms with Gasteiger partial charge in [0.25, 0.3) is 0 Å². The van der Waals surface area contributed by atoms with Gasteiger partial charge < -0.3 is 5.32 Å². The average Bonchev–Trinajstić information content (AvgIpc) is 2.94. The molecule has 0 aliphatic carbocycles. The van der Waals surface area contributed by atoms with Crippen molar-refractivity contribution < 1.29 is 4.39 Å². The van der Waals surface area contributed by atoms with Crippen LogP contribution in [0.4, 0.5) is 10.1 Å². The summed E-state index contributed by atoms with van der Waals surface area (Å²) < 4.78 is 15.1. The minimum atomic E-state index is -0.476. The first kappa shape index (κ1) is 17.4. The molecule has 0 atom stereocenters. The zero-order valence-corrected chi connectivity index (χ0v) is 15.0. The molecule has 0 spiro atoms. The van der Waals surface area contributed by atoms with Crippen LogP contribution in [0.3, 0.4) is 0 Å². The minimum Gasteiger partial charge on any atom is -0.325 e. The predicted molar refractivity (Wildman–Crippen MR) is 101 cm³/mol. The summed E-state index contributed by atoms with van der Waals surface area (Å²) in [7, 11) is 0. The molecule has 0 radical (unpaired) electrons. The summed E-state index contributed by atoms with van der Waals surface area (Å²) in [5.74, 6) is 0.0189. The first-order valence-electron chi connectivity index (χ1n) is 7.58. The lowest BCUT2D eigenvalue weighted by molar-refractivity contribution is 0.628. The fourth-order valence-electron chi connectivity index (χ4n) is 2.24. The van der Waals surface area contributed by atoms with E-state index in [1.54, 1.807) is 16.1 Å². The number of nitrogens with one attached hydrogen (secondary N) is 2. The van der Waals surface area contributed by atoms with Crippen LogP contribution >= 0.6 is 23.1 Å². The molecule has 0 bridgehead atoms. The molecule has 128 valence electrons. The van der Waals surface area contributed by atoms with Crippen molar-refractivity contribution in [2.24, 2.45) is 4.99 Å². The van der Waals surface area contributed by atoms with E-state index in [1.807, 2.05) is 37.3 Å². The van der Waals surface area contributed by atoms with E-state index in [0.29, 0.717) is 23.7 Å². The molecule has 4 nitrogen and oxygen atoms in total. The maximum absolute atomic E-state index is 13.4. The van der Waals surface area contributed by atoms with E-state index in [9.17, 15) is 4.39 Å². The molecule has 0 aliphatic heterocycles. The third-order valence-corrected chi connectivity index (χ3v) is 4.66. The summed E-state index contributed by atoms with van der Waals surface area (Å²) in [6.45, 7) is 2.39. The lowest BCUT2D eigenvalue weighted by atomic mass is 10.2. The molecule has 1 aromatic heterocycles. The molecule has 0 aliphatic rings. The van der Waals surface area contributed by atoms with Crippen LogP contribution in [0.1, 0.15) is 10.4 Å². The van der Waals surface area contributed by atoms with Gasteiger partial charge in [0.15, 0.2) is 0 Å². The number of rotatable bonds is 3. The highest BCUT2D eigenvalue weighted by atomic mass is 35.5. The number of aryl methyl sites for hydroxylation is 1. The van der Waals surface area contributed by atoms with Gasteiger partial charge in [-0.3, -0.25) is 5.41 Å². The summed E-state index contributed by atoms with van der Waals surface area (Å²) >= 11 is 7.27. The second kappa shape index (κ2) is 7.63. The summed E-state index contributed by atoms with van der Waals surface area (Å²) in [6, 6.07) is 16.0. The summed E-state index contributed by atoms with van der Waals surface area (Å²) in [6.07, 6.45) is 0. The van der Waals surface area contributed by atoms with E-state index in [4.69, 9.17) is 17.0 Å². The summed E-state index contributed by atoms with van der Waals surface area (Å²) in [4.78, 5) is 5.60. The molecule has 3 aromatic rings. The first-order chi connectivity index (χ1) is 12.0. The zero-order valence-electron chi connectivity index (χ0n) is 13.5. The van der Waals surface area contributed by atoms with Crippen molar-refractivity contribution >= 4 is 34.8 Å². The van der Waals surface area contributed by atoms with Crippen LogP contribution in [0.15, 0.2) is 59.6 Å². The number of aromatic nitrogens is 1. The Labute approximate surface area is 153 Å². The van der Waals surface area contributed by atoms with Crippen molar-refractivity contribution in [1.82, 2.24) is 3.96 Å². The molecular weight excluding hydrogens is 359 g/mol. The standard InChI is InChI=1S/C18H16ClFN4S/c1-12-9-17(21)24(25-12)18(22-11-13-5-3-2-4-6-13)23-14-7-8-16(20)15(19)10-14/h2-10,21H,11H2,1H3,(H,22,23). The van der Waals surface area contributed by atoms with Crippen LogP contribution < -0.4 is 10.8 Å². The van der Waals surface area contributed by atoms with Crippen LogP contribution in [0.2, 0.25) is 5.02 Å². The topological polar surface area (TPSA) is 53.2 Å². The van der Waals surface area contributed by atoms with Gasteiger partial charge in [-0.2, -0.15) is 0 Å². The highest BCUT2D eigenvalue weighted by molar-refractivity contribution is 7.07. The van der Waals surface area contributed by atoms with E-state index in [1.165, 1.54) is 23.7 Å². The van der Waals surface area contributed by atoms with Gasteiger partial charge in [0.05, 0.1) is 11.6 Å². The SMILES string of the molecule is Cc1cc(=N)n(C(=NCc2ccccc2)Nc2ccc(F)c(Cl)c2)s1. The molecule has 2 aromatic carbocycles. The maximum Gasteiger partial charge on any atom is 0.218 e. The Morgan fingerprint density at radius 3 is 2.64 bits per heavy atom. The largest absolute Gasteiger partial charge is 0.325 e. The highest BCUT2D eigenvalue weighted by Crippen LogP contribution is 2.20. The molecule has 25 heavy (non-hydrogen) atoms. The number of anilines is 1. The predicted octanol–water partition coefficient (Wildman–Crippen LogP) is 4.65. The Morgan fingerprint density at radius 1 is 1.24 bits per heavy atom. The van der Waals surface area contributed by atoms with Crippen LogP contribution in [-0.4, -0.2) is 9.92 Å². The number of hydrogen-bond acceptors (Lipinski definition) is 3. The van der Waals surface area contributed by atoms with Gasteiger partial charge >= 0.3 is 0 Å². The third kappa shape index (κ3) is 4.35. The van der Waals surface area contributed by atoms with Crippen LogP contribution in [-0.2, 0) is 6.54 Å². The van der Waals surface area contributed by atoms with Crippen molar-refractivity contribution in [3.63, 3.8) is 0 Å². The molecule has 0 fully saturated rings. The van der Waals surface area contributed by atoms with Gasteiger partial charge in [-0.05, 0) is 36.8 Å². The Bertz CT molecular complexity index is 963. The van der Waals surface area contributed by atoms with Crippen molar-refractivity contribution in [2.45, 2.75) is 13.5 Å². The average molecular weight is 375 g/mol. The van der Waals surface area contributed by atoms with E-state index in [-0.39, 0.29) is 5.02 Å². The Hall–Kier alpha value is -2.44. The van der Waals surface area contributed by atoms with Crippen LogP contribution in [0.25, 0.3) is 0 Å². The maximum atomic E-state index is 13.4. The zero-order chi connectivity index (χ0) is 17.8. The first-order valence-corrected chi connectivity index (χ1v) is 8.73. The Morgan fingerprint density at radius 2 is 2.00 bits per heavy atom. The Balaban J connectivity index is 1.95. The smallest absolute Gasteiger partial charge is 0.218 e. The van der Waals surface area contributed by atoms with Gasteiger partial charge in [0.1, 0.15) is 11.3 Å². The van der Waals surface area contributed by atoms with Gasteiger partial charge in [0, 0.05) is 10.6 Å². The summed E-state index contributed by atoms with van der Waals surface area (Å²) in [5.41, 5.74) is 1.99. The second-order valence-corrected chi connectivity index (χ2v) is 7.00. The molecular formula is C18H16ClFN4S. The molecule has 2 N–H and O–H groups in total. The monoisotopic (exact) mass is 374 g/mol. The van der Waals surface area contributed by atoms with E-state index < -0.39 is 5.82 Å². The molecule has 3 rings (SSSR count). The highest BCUT2D eigenvalue weighted by Gasteiger charge is 2.09. The van der Waals surface area contributed by atoms with Gasteiger partial charge in [-0.1, -0.05) is 53.5 Å². The van der Waals surface area contributed by atoms with E-state index in [0.717, 1.165) is 10.4 Å². The molecule has 1 heterocycles. The third-order valence-electron chi connectivity index (χ3n) is 3.42. The Kier molecular flexibility index (Phi) is 5.31. The van der Waals surface area contributed by atoms with Crippen LogP contribution in [0, 0.1) is 18.2 Å². The number of nitrogens with zero attached hydrogens (tertiary/aromatic N) is 2. The minimum absolute atomic E-state index is 0.0332. The summed E-state index contributed by atoms with van der Waals surface area (Å²) in [5, 5.41) is 11.3. The molecule has 7 heteroatoms. The van der Waals surface area contributed by atoms with E-state index in [2.05, 4.69) is 10.3 Å². The normalized spacial score (nSPS) is 11.6. The van der Waals surface area contributed by atoms with Crippen molar-refractivity contribution in [2.75, 3.05) is 5.32 Å². The van der Waals surface area contributed by atoms with Crippen molar-refractivity contribution in [3.8, 4) is 0 Å². The number of halogens is 2. The van der Waals surface area contributed by atoms with Gasteiger partial charge in [0.2, 0.25) is 5.96 Å². The fourth-order valence-corrected chi connectivity index (χ4v) is 3.21. The fraction of sp³-hybridized carbons (Fsp3) is 0.111. The quantitative estimate of drug-likeness (QED) is 0.509. The number of hydrogen-bond donors (Lipinski definition) is 2. The molecule has 0 amide bonds. The second-order valence-electron chi connectivity index (χ2n) is 5.41. The lowest BCUT2D eigenvalue weighted by Crippen LogP contribution is -2.28. The van der Waals surface area contributed by atoms with Gasteiger partial charge in [-0.25, -0.2) is 13.3 Å². The van der Waals surface area contributed by atoms with Gasteiger partial charge in [-0.15, -0.1) is 0 Å². The van der Waals surface area contributed by atoms with Crippen molar-refractivity contribution in [1.29, 1.82) is 5.41 Å². The molecule has 0 saturated carbocycles. The van der Waals surface area contributed by atoms with E-state index >= 15 is 0 Å².